The summed E-state index contributed by atoms with van der Waals surface area (Å²) in [5, 5.41) is 0.763. The van der Waals surface area contributed by atoms with Gasteiger partial charge in [0.15, 0.2) is 5.78 Å². The maximum Gasteiger partial charge on any atom is 0.163 e. The van der Waals surface area contributed by atoms with Gasteiger partial charge in [-0.2, -0.15) is 0 Å². The molecular formula is C16H15ClO. The molecule has 0 N–H and O–H groups in total. The Balaban J connectivity index is 1.94. The molecule has 1 aromatic carbocycles. The third-order valence-corrected chi connectivity index (χ3v) is 5.38. The summed E-state index contributed by atoms with van der Waals surface area (Å²) < 4.78 is 0. The SMILES string of the molecule is O=C1CCC2(CC3=CCC2C3)c2cc(Cl)ccc21. The van der Waals surface area contributed by atoms with Crippen molar-refractivity contribution >= 4 is 17.4 Å². The molecule has 18 heavy (non-hydrogen) atoms. The zero-order valence-electron chi connectivity index (χ0n) is 10.2. The number of ketones is 1. The summed E-state index contributed by atoms with van der Waals surface area (Å²) in [5.41, 5.74) is 3.98. The van der Waals surface area contributed by atoms with Crippen LogP contribution in [-0.4, -0.2) is 5.78 Å². The molecule has 1 nitrogen and oxygen atoms in total. The average molecular weight is 259 g/mol. The molecule has 0 heterocycles. The monoisotopic (exact) mass is 258 g/mol. The van der Waals surface area contributed by atoms with Crippen molar-refractivity contribution in [3.05, 3.63) is 46.0 Å². The third-order valence-electron chi connectivity index (χ3n) is 5.14. The Labute approximate surface area is 112 Å². The first kappa shape index (κ1) is 10.8. The molecule has 0 aliphatic heterocycles. The van der Waals surface area contributed by atoms with Crippen molar-refractivity contribution in [1.29, 1.82) is 0 Å². The smallest absolute Gasteiger partial charge is 0.163 e. The van der Waals surface area contributed by atoms with Crippen LogP contribution >= 0.6 is 11.6 Å². The molecule has 2 atom stereocenters. The topological polar surface area (TPSA) is 17.1 Å². The number of fused-ring (bicyclic) bond motifs is 5. The second kappa shape index (κ2) is 3.48. The molecule has 3 aliphatic rings. The van der Waals surface area contributed by atoms with Crippen LogP contribution in [0.3, 0.4) is 0 Å². The van der Waals surface area contributed by atoms with E-state index in [-0.39, 0.29) is 5.41 Å². The number of benzene rings is 1. The van der Waals surface area contributed by atoms with E-state index in [2.05, 4.69) is 12.1 Å². The first-order valence-corrected chi connectivity index (χ1v) is 7.08. The van der Waals surface area contributed by atoms with Gasteiger partial charge in [-0.05, 0) is 55.4 Å². The van der Waals surface area contributed by atoms with E-state index in [9.17, 15) is 4.79 Å². The van der Waals surface area contributed by atoms with Crippen LogP contribution in [0.25, 0.3) is 0 Å². The zero-order chi connectivity index (χ0) is 12.3. The fourth-order valence-corrected chi connectivity index (χ4v) is 4.46. The number of allylic oxidation sites excluding steroid dienone is 2. The first-order valence-electron chi connectivity index (χ1n) is 6.70. The number of Topliss-reactive ketones (excluding diaryl/α,β-unsaturated/α-hetero) is 1. The quantitative estimate of drug-likeness (QED) is 0.635. The first-order chi connectivity index (χ1) is 8.69. The third kappa shape index (κ3) is 1.26. The molecule has 0 radical (unpaired) electrons. The molecule has 92 valence electrons. The van der Waals surface area contributed by atoms with Gasteiger partial charge in [0.2, 0.25) is 0 Å². The van der Waals surface area contributed by atoms with E-state index >= 15 is 0 Å². The Kier molecular flexibility index (Phi) is 2.09. The summed E-state index contributed by atoms with van der Waals surface area (Å²) in [7, 11) is 0. The number of carbonyl (C=O) groups is 1. The summed E-state index contributed by atoms with van der Waals surface area (Å²) in [4.78, 5) is 12.1. The summed E-state index contributed by atoms with van der Waals surface area (Å²) >= 11 is 6.16. The molecule has 2 heteroatoms. The molecule has 0 amide bonds. The zero-order valence-corrected chi connectivity index (χ0v) is 11.0. The largest absolute Gasteiger partial charge is 0.294 e. The van der Waals surface area contributed by atoms with E-state index in [0.29, 0.717) is 18.1 Å². The molecule has 2 unspecified atom stereocenters. The lowest BCUT2D eigenvalue weighted by Crippen LogP contribution is -2.37. The number of halogens is 1. The van der Waals surface area contributed by atoms with Gasteiger partial charge in [0.25, 0.3) is 0 Å². The van der Waals surface area contributed by atoms with Crippen molar-refractivity contribution in [3.63, 3.8) is 0 Å². The highest BCUT2D eigenvalue weighted by molar-refractivity contribution is 6.30. The van der Waals surface area contributed by atoms with Crippen LogP contribution in [0.2, 0.25) is 5.02 Å². The van der Waals surface area contributed by atoms with Crippen LogP contribution < -0.4 is 0 Å². The molecule has 1 aromatic rings. The summed E-state index contributed by atoms with van der Waals surface area (Å²) in [6.45, 7) is 0. The highest BCUT2D eigenvalue weighted by Gasteiger charge is 2.51. The lowest BCUT2D eigenvalue weighted by atomic mass is 9.62. The summed E-state index contributed by atoms with van der Waals surface area (Å²) in [6, 6.07) is 5.83. The van der Waals surface area contributed by atoms with Gasteiger partial charge in [0, 0.05) is 22.4 Å². The number of hydrogen-bond donors (Lipinski definition) is 0. The van der Waals surface area contributed by atoms with Gasteiger partial charge >= 0.3 is 0 Å². The minimum atomic E-state index is 0.220. The Morgan fingerprint density at radius 2 is 2.22 bits per heavy atom. The molecule has 1 fully saturated rings. The summed E-state index contributed by atoms with van der Waals surface area (Å²) in [5.74, 6) is 1.00. The van der Waals surface area contributed by atoms with Crippen LogP contribution in [0.5, 0.6) is 0 Å². The Hall–Kier alpha value is -1.08. The van der Waals surface area contributed by atoms with Crippen LogP contribution in [-0.2, 0) is 5.41 Å². The second-order valence-corrected chi connectivity index (χ2v) is 6.38. The van der Waals surface area contributed by atoms with E-state index in [1.54, 1.807) is 5.57 Å². The summed E-state index contributed by atoms with van der Waals surface area (Å²) in [6.07, 6.45) is 7.70. The number of hydrogen-bond acceptors (Lipinski definition) is 1. The predicted molar refractivity (Wildman–Crippen MR) is 72.1 cm³/mol. The van der Waals surface area contributed by atoms with E-state index in [1.165, 1.54) is 18.4 Å². The van der Waals surface area contributed by atoms with Crippen LogP contribution in [0.15, 0.2) is 29.8 Å². The number of carbonyl (C=O) groups excluding carboxylic acids is 1. The normalized spacial score (nSPS) is 32.8. The maximum absolute atomic E-state index is 12.1. The Morgan fingerprint density at radius 1 is 1.33 bits per heavy atom. The van der Waals surface area contributed by atoms with E-state index in [4.69, 9.17) is 11.6 Å². The molecule has 4 rings (SSSR count). The van der Waals surface area contributed by atoms with Crippen molar-refractivity contribution in [2.75, 3.05) is 0 Å². The Bertz CT molecular complexity index is 587. The van der Waals surface area contributed by atoms with Crippen molar-refractivity contribution in [2.24, 2.45) is 5.92 Å². The van der Waals surface area contributed by atoms with Crippen molar-refractivity contribution in [2.45, 2.75) is 37.5 Å². The van der Waals surface area contributed by atoms with E-state index in [1.807, 2.05) is 12.1 Å². The van der Waals surface area contributed by atoms with Gasteiger partial charge in [-0.1, -0.05) is 23.3 Å². The maximum atomic E-state index is 12.1. The van der Waals surface area contributed by atoms with Gasteiger partial charge in [-0.15, -0.1) is 0 Å². The lowest BCUT2D eigenvalue weighted by molar-refractivity contribution is 0.0939. The second-order valence-electron chi connectivity index (χ2n) is 5.95. The van der Waals surface area contributed by atoms with Gasteiger partial charge in [0.1, 0.15) is 0 Å². The van der Waals surface area contributed by atoms with Gasteiger partial charge in [-0.25, -0.2) is 0 Å². The minimum Gasteiger partial charge on any atom is -0.294 e. The molecular weight excluding hydrogens is 244 g/mol. The van der Waals surface area contributed by atoms with Crippen LogP contribution in [0.1, 0.15) is 48.0 Å². The highest BCUT2D eigenvalue weighted by Crippen LogP contribution is 2.58. The van der Waals surface area contributed by atoms with Crippen molar-refractivity contribution < 1.29 is 4.79 Å². The number of rotatable bonds is 0. The van der Waals surface area contributed by atoms with Crippen LogP contribution in [0, 0.1) is 5.92 Å². The molecule has 2 bridgehead atoms. The fraction of sp³-hybridized carbons (Fsp3) is 0.438. The molecule has 0 saturated heterocycles. The highest BCUT2D eigenvalue weighted by atomic mass is 35.5. The molecule has 3 aliphatic carbocycles. The van der Waals surface area contributed by atoms with Crippen molar-refractivity contribution in [1.82, 2.24) is 0 Å². The van der Waals surface area contributed by atoms with E-state index < -0.39 is 0 Å². The average Bonchev–Trinajstić information content (AvgIpc) is 2.95. The molecule has 1 saturated carbocycles. The van der Waals surface area contributed by atoms with Crippen LogP contribution in [0.4, 0.5) is 0 Å². The predicted octanol–water partition coefficient (Wildman–Crippen LogP) is 4.29. The molecule has 0 aromatic heterocycles. The standard InChI is InChI=1S/C16H15ClO/c17-12-3-4-13-14(8-12)16(6-5-15(13)18)9-10-1-2-11(16)7-10/h1,3-4,8,11H,2,5-7,9H2. The fourth-order valence-electron chi connectivity index (χ4n) is 4.29. The van der Waals surface area contributed by atoms with Gasteiger partial charge < -0.3 is 0 Å². The molecule has 1 spiro atoms. The van der Waals surface area contributed by atoms with E-state index in [0.717, 1.165) is 23.4 Å². The minimum absolute atomic E-state index is 0.220. The van der Waals surface area contributed by atoms with Gasteiger partial charge in [0.05, 0.1) is 0 Å². The lowest BCUT2D eigenvalue weighted by Gasteiger charge is -2.41. The van der Waals surface area contributed by atoms with Crippen molar-refractivity contribution in [3.8, 4) is 0 Å². The Morgan fingerprint density at radius 3 is 2.94 bits per heavy atom. The van der Waals surface area contributed by atoms with Gasteiger partial charge in [-0.3, -0.25) is 4.79 Å².